The van der Waals surface area contributed by atoms with Crippen LogP contribution in [-0.2, 0) is 4.79 Å². The number of halogens is 1. The molecule has 2 saturated carbocycles. The first-order valence-corrected chi connectivity index (χ1v) is 12.1. The van der Waals surface area contributed by atoms with Gasteiger partial charge >= 0.3 is 0 Å². The predicted molar refractivity (Wildman–Crippen MR) is 132 cm³/mol. The molecule has 2 heterocycles. The Bertz CT molecular complexity index is 1200. The highest BCUT2D eigenvalue weighted by Crippen LogP contribution is 2.36. The first-order chi connectivity index (χ1) is 17.0. The molecule has 1 amide bonds. The van der Waals surface area contributed by atoms with E-state index >= 15 is 4.39 Å². The number of rotatable bonds is 7. The molecule has 3 aromatic rings. The Balaban J connectivity index is 1.36. The van der Waals surface area contributed by atoms with Gasteiger partial charge in [0.15, 0.2) is 11.6 Å². The van der Waals surface area contributed by atoms with Crippen molar-refractivity contribution in [3.8, 4) is 22.9 Å². The molecule has 0 bridgehead atoms. The van der Waals surface area contributed by atoms with E-state index in [-0.39, 0.29) is 35.5 Å². The number of carbonyl (C=O) groups is 1. The molecule has 2 fully saturated rings. The molecule has 9 heteroatoms. The second-order valence-corrected chi connectivity index (χ2v) is 9.35. The van der Waals surface area contributed by atoms with Gasteiger partial charge in [0.1, 0.15) is 0 Å². The average Bonchev–Trinajstić information content (AvgIpc) is 3.69. The van der Waals surface area contributed by atoms with Crippen molar-refractivity contribution in [2.45, 2.75) is 57.5 Å². The van der Waals surface area contributed by atoms with Crippen LogP contribution in [0.3, 0.4) is 0 Å². The number of nitrogens with one attached hydrogen (secondary N) is 2. The molecule has 35 heavy (non-hydrogen) atoms. The van der Waals surface area contributed by atoms with E-state index in [0.29, 0.717) is 28.5 Å². The minimum Gasteiger partial charge on any atom is -0.435 e. The number of carbonyl (C=O) groups excluding carboxylic acids is 1. The Morgan fingerprint density at radius 2 is 1.89 bits per heavy atom. The third-order valence-corrected chi connectivity index (χ3v) is 6.45. The summed E-state index contributed by atoms with van der Waals surface area (Å²) in [5.41, 5.74) is 8.21. The lowest BCUT2D eigenvalue weighted by atomic mass is 9.92. The quantitative estimate of drug-likeness (QED) is 0.448. The summed E-state index contributed by atoms with van der Waals surface area (Å²) in [6.07, 6.45) is 8.94. The van der Waals surface area contributed by atoms with Crippen LogP contribution in [0.1, 0.15) is 44.1 Å². The second-order valence-electron chi connectivity index (χ2n) is 9.35. The number of ether oxygens (including phenoxy) is 1. The fourth-order valence-electron chi connectivity index (χ4n) is 4.31. The molecule has 0 spiro atoms. The molecule has 8 nitrogen and oxygen atoms in total. The largest absolute Gasteiger partial charge is 0.435 e. The van der Waals surface area contributed by atoms with E-state index in [0.717, 1.165) is 38.5 Å². The van der Waals surface area contributed by atoms with Crippen LogP contribution in [0.4, 0.5) is 16.0 Å². The Kier molecular flexibility index (Phi) is 6.59. The predicted octanol–water partition coefficient (Wildman–Crippen LogP) is 4.81. The number of aryl methyl sites for hydroxylation is 1. The van der Waals surface area contributed by atoms with Gasteiger partial charge in [0.2, 0.25) is 17.7 Å². The first-order valence-electron chi connectivity index (χ1n) is 12.1. The average molecular weight is 477 g/mol. The van der Waals surface area contributed by atoms with E-state index in [1.807, 2.05) is 6.07 Å². The number of aromatic nitrogens is 3. The van der Waals surface area contributed by atoms with Gasteiger partial charge in [0, 0.05) is 42.1 Å². The molecule has 2 aliphatic carbocycles. The summed E-state index contributed by atoms with van der Waals surface area (Å²) in [6, 6.07) is 8.89. The number of benzene rings is 1. The summed E-state index contributed by atoms with van der Waals surface area (Å²) < 4.78 is 21.0. The standard InChI is InChI=1S/C26H29FN6O2/c1-15-13-19(31-24(34)16-4-5-16)14-21(27)23(15)35-25-20(3-2-11-29-25)22-10-12-30-26(33-22)32-18-8-6-17(28)7-9-18/h2-3,10-14,16-18H,4-9,28H2,1H3,(H,31,34)(H,30,32,33)/t17-,18-. The van der Waals surface area contributed by atoms with Crippen molar-refractivity contribution >= 4 is 17.5 Å². The second kappa shape index (κ2) is 9.95. The first kappa shape index (κ1) is 23.2. The zero-order valence-corrected chi connectivity index (χ0v) is 19.6. The number of hydrogen-bond donors (Lipinski definition) is 3. The molecule has 0 saturated heterocycles. The van der Waals surface area contributed by atoms with Gasteiger partial charge in [-0.2, -0.15) is 0 Å². The van der Waals surface area contributed by atoms with Crippen molar-refractivity contribution in [1.29, 1.82) is 0 Å². The van der Waals surface area contributed by atoms with Crippen LogP contribution in [0.15, 0.2) is 42.7 Å². The van der Waals surface area contributed by atoms with E-state index in [4.69, 9.17) is 10.5 Å². The maximum absolute atomic E-state index is 15.0. The van der Waals surface area contributed by atoms with Crippen molar-refractivity contribution in [1.82, 2.24) is 15.0 Å². The molecule has 5 rings (SSSR count). The van der Waals surface area contributed by atoms with Crippen LogP contribution in [0.25, 0.3) is 11.3 Å². The monoisotopic (exact) mass is 476 g/mol. The highest BCUT2D eigenvalue weighted by atomic mass is 19.1. The normalized spacial score (nSPS) is 19.7. The molecule has 4 N–H and O–H groups in total. The smallest absolute Gasteiger partial charge is 0.228 e. The molecule has 2 aromatic heterocycles. The van der Waals surface area contributed by atoms with Crippen molar-refractivity contribution < 1.29 is 13.9 Å². The van der Waals surface area contributed by atoms with Crippen molar-refractivity contribution in [3.05, 3.63) is 54.1 Å². The molecule has 2 aliphatic rings. The third kappa shape index (κ3) is 5.57. The minimum absolute atomic E-state index is 0.0355. The van der Waals surface area contributed by atoms with Crippen LogP contribution in [-0.4, -0.2) is 32.9 Å². The van der Waals surface area contributed by atoms with E-state index < -0.39 is 5.82 Å². The summed E-state index contributed by atoms with van der Waals surface area (Å²) in [5, 5.41) is 6.17. The number of nitrogens with two attached hydrogens (primary N) is 1. The molecule has 0 aliphatic heterocycles. The van der Waals surface area contributed by atoms with Gasteiger partial charge in [-0.1, -0.05) is 0 Å². The van der Waals surface area contributed by atoms with Gasteiger partial charge < -0.3 is 21.1 Å². The third-order valence-electron chi connectivity index (χ3n) is 6.45. The molecular weight excluding hydrogens is 447 g/mol. The molecular formula is C26H29FN6O2. The van der Waals surface area contributed by atoms with Gasteiger partial charge in [0.25, 0.3) is 0 Å². The SMILES string of the molecule is Cc1cc(NC(=O)C2CC2)cc(F)c1Oc1ncccc1-c1ccnc(N[C@H]2CC[C@H](N)CC2)n1. The van der Waals surface area contributed by atoms with Crippen LogP contribution in [0.5, 0.6) is 11.6 Å². The van der Waals surface area contributed by atoms with Crippen molar-refractivity contribution in [2.75, 3.05) is 10.6 Å². The van der Waals surface area contributed by atoms with Gasteiger partial charge in [-0.3, -0.25) is 4.79 Å². The zero-order valence-electron chi connectivity index (χ0n) is 19.6. The van der Waals surface area contributed by atoms with E-state index in [9.17, 15) is 4.79 Å². The maximum atomic E-state index is 15.0. The summed E-state index contributed by atoms with van der Waals surface area (Å²) in [7, 11) is 0. The summed E-state index contributed by atoms with van der Waals surface area (Å²) in [5.74, 6) is 0.198. The van der Waals surface area contributed by atoms with Crippen molar-refractivity contribution in [2.24, 2.45) is 11.7 Å². The molecule has 0 atom stereocenters. The summed E-state index contributed by atoms with van der Waals surface area (Å²) >= 11 is 0. The van der Waals surface area contributed by atoms with Gasteiger partial charge in [0.05, 0.1) is 11.3 Å². The Labute approximate surface area is 203 Å². The fraction of sp³-hybridized carbons (Fsp3) is 0.385. The number of amides is 1. The number of nitrogens with zero attached hydrogens (tertiary/aromatic N) is 3. The number of pyridine rings is 1. The summed E-state index contributed by atoms with van der Waals surface area (Å²) in [4.78, 5) is 25.4. The Morgan fingerprint density at radius 1 is 1.09 bits per heavy atom. The Morgan fingerprint density at radius 3 is 2.63 bits per heavy atom. The van der Waals surface area contributed by atoms with Crippen molar-refractivity contribution in [3.63, 3.8) is 0 Å². The fourth-order valence-corrected chi connectivity index (χ4v) is 4.31. The van der Waals surface area contributed by atoms with Gasteiger partial charge in [-0.05, 0) is 75.3 Å². The van der Waals surface area contributed by atoms with Gasteiger partial charge in [-0.25, -0.2) is 19.3 Å². The zero-order chi connectivity index (χ0) is 24.4. The van der Waals surface area contributed by atoms with Crippen LogP contribution in [0, 0.1) is 18.7 Å². The lowest BCUT2D eigenvalue weighted by molar-refractivity contribution is -0.117. The molecule has 1 aromatic carbocycles. The van der Waals surface area contributed by atoms with Gasteiger partial charge in [-0.15, -0.1) is 0 Å². The lowest BCUT2D eigenvalue weighted by Crippen LogP contribution is -2.33. The molecule has 0 unspecified atom stereocenters. The number of hydrogen-bond acceptors (Lipinski definition) is 7. The van der Waals surface area contributed by atoms with E-state index in [1.165, 1.54) is 6.07 Å². The Hall–Kier alpha value is -3.59. The lowest BCUT2D eigenvalue weighted by Gasteiger charge is -2.26. The number of anilines is 2. The molecule has 182 valence electrons. The molecule has 0 radical (unpaired) electrons. The van der Waals surface area contributed by atoms with Crippen LogP contribution in [0.2, 0.25) is 0 Å². The highest BCUT2D eigenvalue weighted by molar-refractivity contribution is 5.94. The van der Waals surface area contributed by atoms with Crippen LogP contribution < -0.4 is 21.1 Å². The minimum atomic E-state index is -0.576. The van der Waals surface area contributed by atoms with E-state index in [1.54, 1.807) is 37.5 Å². The van der Waals surface area contributed by atoms with E-state index in [2.05, 4.69) is 25.6 Å². The van der Waals surface area contributed by atoms with Crippen LogP contribution >= 0.6 is 0 Å². The maximum Gasteiger partial charge on any atom is 0.228 e. The topological polar surface area (TPSA) is 115 Å². The summed E-state index contributed by atoms with van der Waals surface area (Å²) in [6.45, 7) is 1.73. The highest BCUT2D eigenvalue weighted by Gasteiger charge is 2.30.